The Bertz CT molecular complexity index is 842. The first kappa shape index (κ1) is 19.8. The molecule has 146 valence electrons. The largest absolute Gasteiger partial charge is 0.310 e. The molecule has 1 aromatic carbocycles. The van der Waals surface area contributed by atoms with Crippen molar-refractivity contribution in [1.29, 1.82) is 0 Å². The summed E-state index contributed by atoms with van der Waals surface area (Å²) in [4.78, 5) is 0.358. The van der Waals surface area contributed by atoms with E-state index in [9.17, 15) is 16.8 Å². The number of rotatable bonds is 5. The zero-order valence-corrected chi connectivity index (χ0v) is 17.0. The molecule has 3 rings (SSSR count). The monoisotopic (exact) mass is 400 g/mol. The van der Waals surface area contributed by atoms with Crippen molar-refractivity contribution in [2.75, 3.05) is 24.6 Å². The average Bonchev–Trinajstić information content (AvgIpc) is 2.94. The van der Waals surface area contributed by atoms with Gasteiger partial charge in [0, 0.05) is 25.2 Å². The molecule has 1 aromatic rings. The Hall–Kier alpha value is -0.960. The van der Waals surface area contributed by atoms with Crippen LogP contribution in [0.1, 0.15) is 44.6 Å². The molecule has 2 fully saturated rings. The van der Waals surface area contributed by atoms with Crippen LogP contribution in [0, 0.1) is 0 Å². The number of sulfonamides is 1. The van der Waals surface area contributed by atoms with Gasteiger partial charge in [-0.25, -0.2) is 16.8 Å². The lowest BCUT2D eigenvalue weighted by atomic mass is 10.0. The maximum Gasteiger partial charge on any atom is 0.243 e. The summed E-state index contributed by atoms with van der Waals surface area (Å²) in [6.07, 6.45) is 2.07. The van der Waals surface area contributed by atoms with Crippen molar-refractivity contribution in [2.45, 2.75) is 56.0 Å². The van der Waals surface area contributed by atoms with E-state index in [0.717, 1.165) is 5.56 Å². The smallest absolute Gasteiger partial charge is 0.243 e. The summed E-state index contributed by atoms with van der Waals surface area (Å²) in [6.45, 7) is 5.02. The molecule has 8 heteroatoms. The maximum absolute atomic E-state index is 12.9. The van der Waals surface area contributed by atoms with Gasteiger partial charge < -0.3 is 5.32 Å². The summed E-state index contributed by atoms with van der Waals surface area (Å²) >= 11 is 0. The Morgan fingerprint density at radius 3 is 2.38 bits per heavy atom. The van der Waals surface area contributed by atoms with Crippen LogP contribution < -0.4 is 5.32 Å². The zero-order chi connectivity index (χ0) is 18.9. The van der Waals surface area contributed by atoms with Gasteiger partial charge in [0.2, 0.25) is 10.0 Å². The van der Waals surface area contributed by atoms with Crippen LogP contribution in [0.5, 0.6) is 0 Å². The summed E-state index contributed by atoms with van der Waals surface area (Å²) in [7, 11) is -6.37. The summed E-state index contributed by atoms with van der Waals surface area (Å²) in [5, 5.41) is 3.41. The predicted octanol–water partition coefficient (Wildman–Crippen LogP) is 1.74. The van der Waals surface area contributed by atoms with E-state index in [1.54, 1.807) is 22.5 Å². The van der Waals surface area contributed by atoms with Gasteiger partial charge in [-0.1, -0.05) is 26.0 Å². The Balaban J connectivity index is 1.61. The lowest BCUT2D eigenvalue weighted by Crippen LogP contribution is -2.48. The molecular formula is C18H28N2O4S2. The summed E-state index contributed by atoms with van der Waals surface area (Å²) < 4.78 is 50.5. The molecule has 26 heavy (non-hydrogen) atoms. The predicted molar refractivity (Wildman–Crippen MR) is 103 cm³/mol. The van der Waals surface area contributed by atoms with Crippen molar-refractivity contribution in [3.8, 4) is 0 Å². The summed E-state index contributed by atoms with van der Waals surface area (Å²) in [5.41, 5.74) is 1.02. The third kappa shape index (κ3) is 4.47. The number of benzene rings is 1. The molecule has 2 aliphatic rings. The molecule has 0 aliphatic carbocycles. The van der Waals surface area contributed by atoms with Crippen molar-refractivity contribution in [3.05, 3.63) is 29.8 Å². The highest BCUT2D eigenvalue weighted by molar-refractivity contribution is 7.91. The quantitative estimate of drug-likeness (QED) is 0.814. The van der Waals surface area contributed by atoms with Gasteiger partial charge in [0.05, 0.1) is 16.4 Å². The highest BCUT2D eigenvalue weighted by Gasteiger charge is 2.33. The van der Waals surface area contributed by atoms with E-state index in [4.69, 9.17) is 0 Å². The molecule has 2 saturated heterocycles. The molecule has 1 atom stereocenters. The van der Waals surface area contributed by atoms with E-state index >= 15 is 0 Å². The highest BCUT2D eigenvalue weighted by Crippen LogP contribution is 2.24. The van der Waals surface area contributed by atoms with Crippen molar-refractivity contribution in [3.63, 3.8) is 0 Å². The van der Waals surface area contributed by atoms with Gasteiger partial charge >= 0.3 is 0 Å². The molecule has 0 aromatic heterocycles. The summed E-state index contributed by atoms with van der Waals surface area (Å²) in [6, 6.07) is 7.38. The van der Waals surface area contributed by atoms with Gasteiger partial charge in [-0.2, -0.15) is 4.31 Å². The fourth-order valence-electron chi connectivity index (χ4n) is 3.71. The van der Waals surface area contributed by atoms with E-state index < -0.39 is 19.9 Å². The topological polar surface area (TPSA) is 83.6 Å². The minimum Gasteiger partial charge on any atom is -0.310 e. The van der Waals surface area contributed by atoms with E-state index in [-0.39, 0.29) is 29.5 Å². The van der Waals surface area contributed by atoms with Crippen LogP contribution in [0.3, 0.4) is 0 Å². The number of nitrogens with one attached hydrogen (secondary N) is 1. The minimum absolute atomic E-state index is 0.0101. The minimum atomic E-state index is -3.48. The Labute approximate surface area is 156 Å². The first-order valence-corrected chi connectivity index (χ1v) is 12.5. The Morgan fingerprint density at radius 1 is 1.12 bits per heavy atom. The molecule has 0 amide bonds. The fourth-order valence-corrected chi connectivity index (χ4v) is 6.92. The SMILES string of the molecule is CC(C)c1cccc(S(=O)(=O)N2CCC(N[C@H]3CCS(=O)(=O)C3)CC2)c1. The molecule has 2 heterocycles. The van der Waals surface area contributed by atoms with Crippen LogP contribution in [0.25, 0.3) is 0 Å². The van der Waals surface area contributed by atoms with Crippen LogP contribution >= 0.6 is 0 Å². The Kier molecular flexibility index (Phi) is 5.77. The summed E-state index contributed by atoms with van der Waals surface area (Å²) in [5.74, 6) is 0.736. The van der Waals surface area contributed by atoms with Crippen molar-refractivity contribution < 1.29 is 16.8 Å². The number of hydrogen-bond donors (Lipinski definition) is 1. The van der Waals surface area contributed by atoms with Crippen molar-refractivity contribution >= 4 is 19.9 Å². The number of nitrogens with zero attached hydrogens (tertiary/aromatic N) is 1. The number of hydrogen-bond acceptors (Lipinski definition) is 5. The molecule has 2 aliphatic heterocycles. The molecule has 0 radical (unpaired) electrons. The normalized spacial score (nSPS) is 25.0. The number of sulfone groups is 1. The van der Waals surface area contributed by atoms with Crippen LogP contribution in [0.15, 0.2) is 29.2 Å². The molecule has 0 spiro atoms. The molecule has 6 nitrogen and oxygen atoms in total. The van der Waals surface area contributed by atoms with E-state index in [1.165, 1.54) is 0 Å². The highest BCUT2D eigenvalue weighted by atomic mass is 32.2. The average molecular weight is 401 g/mol. The second-order valence-electron chi connectivity index (χ2n) is 7.67. The third-order valence-corrected chi connectivity index (χ3v) is 8.98. The van der Waals surface area contributed by atoms with Gasteiger partial charge in [-0.05, 0) is 42.9 Å². The van der Waals surface area contributed by atoms with Crippen molar-refractivity contribution in [1.82, 2.24) is 9.62 Å². The van der Waals surface area contributed by atoms with Gasteiger partial charge in [0.1, 0.15) is 0 Å². The van der Waals surface area contributed by atoms with E-state index in [1.807, 2.05) is 19.9 Å². The van der Waals surface area contributed by atoms with E-state index in [0.29, 0.717) is 37.2 Å². The van der Waals surface area contributed by atoms with Crippen LogP contribution in [0.2, 0.25) is 0 Å². The second kappa shape index (κ2) is 7.58. The van der Waals surface area contributed by atoms with Gasteiger partial charge in [0.25, 0.3) is 0 Å². The molecule has 0 bridgehead atoms. The molecule has 1 N–H and O–H groups in total. The zero-order valence-electron chi connectivity index (χ0n) is 15.4. The van der Waals surface area contributed by atoms with Crippen LogP contribution in [-0.4, -0.2) is 57.8 Å². The third-order valence-electron chi connectivity index (χ3n) is 5.32. The maximum atomic E-state index is 12.9. The lowest BCUT2D eigenvalue weighted by Gasteiger charge is -2.33. The number of piperidine rings is 1. The Morgan fingerprint density at radius 2 is 1.81 bits per heavy atom. The second-order valence-corrected chi connectivity index (χ2v) is 11.8. The van der Waals surface area contributed by atoms with E-state index in [2.05, 4.69) is 5.32 Å². The standard InChI is InChI=1S/C18H28N2O4S2/c1-14(2)15-4-3-5-18(12-15)26(23,24)20-9-6-16(7-10-20)19-17-8-11-25(21,22)13-17/h3-5,12,14,16-17,19H,6-11,13H2,1-2H3/t17-/m0/s1. The van der Waals surface area contributed by atoms with Crippen molar-refractivity contribution in [2.24, 2.45) is 0 Å². The molecule has 0 unspecified atom stereocenters. The first-order chi connectivity index (χ1) is 12.2. The lowest BCUT2D eigenvalue weighted by molar-refractivity contribution is 0.277. The van der Waals surface area contributed by atoms with Gasteiger partial charge in [-0.3, -0.25) is 0 Å². The fraction of sp³-hybridized carbons (Fsp3) is 0.667. The van der Waals surface area contributed by atoms with Gasteiger partial charge in [0.15, 0.2) is 9.84 Å². The van der Waals surface area contributed by atoms with Gasteiger partial charge in [-0.15, -0.1) is 0 Å². The molecule has 0 saturated carbocycles. The first-order valence-electron chi connectivity index (χ1n) is 9.24. The molecular weight excluding hydrogens is 372 g/mol. The van der Waals surface area contributed by atoms with Crippen LogP contribution in [0.4, 0.5) is 0 Å². The van der Waals surface area contributed by atoms with Crippen LogP contribution in [-0.2, 0) is 19.9 Å².